The standard InChI is InChI=1S/C12H19N3O3S2.ClH/c13-5-6-14-12(16)10-3-1-7-15(9-10)20(17,18)11-4-2-8-19-11;/h2,4,8,10H,1,3,5-7,9,13H2,(H,14,16);1H. The van der Waals surface area contributed by atoms with E-state index in [4.69, 9.17) is 5.73 Å². The van der Waals surface area contributed by atoms with Crippen molar-refractivity contribution < 1.29 is 13.2 Å². The van der Waals surface area contributed by atoms with Gasteiger partial charge in [-0.15, -0.1) is 23.7 Å². The largest absolute Gasteiger partial charge is 0.355 e. The highest BCUT2D eigenvalue weighted by Gasteiger charge is 2.33. The van der Waals surface area contributed by atoms with Crippen molar-refractivity contribution in [3.63, 3.8) is 0 Å². The molecule has 0 radical (unpaired) electrons. The molecule has 1 aromatic heterocycles. The quantitative estimate of drug-likeness (QED) is 0.812. The minimum atomic E-state index is -3.46. The minimum Gasteiger partial charge on any atom is -0.355 e. The molecule has 9 heteroatoms. The van der Waals surface area contributed by atoms with Crippen LogP contribution in [0.2, 0.25) is 0 Å². The van der Waals surface area contributed by atoms with Crippen molar-refractivity contribution in [2.24, 2.45) is 11.7 Å². The van der Waals surface area contributed by atoms with Gasteiger partial charge in [-0.2, -0.15) is 4.31 Å². The second-order valence-corrected chi connectivity index (χ2v) is 7.83. The zero-order valence-electron chi connectivity index (χ0n) is 11.5. The van der Waals surface area contributed by atoms with E-state index in [1.807, 2.05) is 0 Å². The number of carbonyl (C=O) groups is 1. The van der Waals surface area contributed by atoms with Gasteiger partial charge in [-0.3, -0.25) is 4.79 Å². The van der Waals surface area contributed by atoms with Crippen molar-refractivity contribution >= 4 is 39.7 Å². The summed E-state index contributed by atoms with van der Waals surface area (Å²) in [6.45, 7) is 1.53. The minimum absolute atomic E-state index is 0. The van der Waals surface area contributed by atoms with E-state index < -0.39 is 10.0 Å². The van der Waals surface area contributed by atoms with Crippen LogP contribution in [0.5, 0.6) is 0 Å². The highest BCUT2D eigenvalue weighted by molar-refractivity contribution is 7.91. The lowest BCUT2D eigenvalue weighted by Crippen LogP contribution is -2.45. The van der Waals surface area contributed by atoms with Crippen LogP contribution in [0.15, 0.2) is 21.7 Å². The Morgan fingerprint density at radius 3 is 2.90 bits per heavy atom. The Kier molecular flexibility index (Phi) is 7.08. The van der Waals surface area contributed by atoms with Crippen LogP contribution in [0.4, 0.5) is 0 Å². The predicted octanol–water partition coefficient (Wildman–Crippen LogP) is 0.646. The summed E-state index contributed by atoms with van der Waals surface area (Å²) >= 11 is 1.20. The Balaban J connectivity index is 0.00000220. The van der Waals surface area contributed by atoms with Gasteiger partial charge in [-0.25, -0.2) is 8.42 Å². The normalized spacial score (nSPS) is 19.8. The third-order valence-electron chi connectivity index (χ3n) is 3.29. The van der Waals surface area contributed by atoms with E-state index in [9.17, 15) is 13.2 Å². The van der Waals surface area contributed by atoms with E-state index in [1.165, 1.54) is 15.6 Å². The maximum Gasteiger partial charge on any atom is 0.252 e. The molecule has 2 heterocycles. The van der Waals surface area contributed by atoms with Crippen LogP contribution in [0.1, 0.15) is 12.8 Å². The first-order chi connectivity index (χ1) is 9.55. The Hall–Kier alpha value is -0.670. The third-order valence-corrected chi connectivity index (χ3v) is 6.53. The highest BCUT2D eigenvalue weighted by atomic mass is 35.5. The lowest BCUT2D eigenvalue weighted by molar-refractivity contribution is -0.126. The number of rotatable bonds is 5. The summed E-state index contributed by atoms with van der Waals surface area (Å²) in [7, 11) is -3.46. The van der Waals surface area contributed by atoms with Gasteiger partial charge in [0, 0.05) is 26.2 Å². The SMILES string of the molecule is Cl.NCCNC(=O)C1CCCN(S(=O)(=O)c2cccs2)C1. The maximum absolute atomic E-state index is 12.4. The number of hydrogen-bond acceptors (Lipinski definition) is 5. The highest BCUT2D eigenvalue weighted by Crippen LogP contribution is 2.26. The van der Waals surface area contributed by atoms with Gasteiger partial charge in [0.05, 0.1) is 5.92 Å². The molecule has 1 aliphatic heterocycles. The summed E-state index contributed by atoms with van der Waals surface area (Å²) in [4.78, 5) is 11.9. The van der Waals surface area contributed by atoms with Crippen molar-refractivity contribution in [1.82, 2.24) is 9.62 Å². The molecular formula is C12H20ClN3O3S2. The van der Waals surface area contributed by atoms with Crippen LogP contribution in [0.3, 0.4) is 0 Å². The van der Waals surface area contributed by atoms with Crippen LogP contribution < -0.4 is 11.1 Å². The second-order valence-electron chi connectivity index (χ2n) is 4.71. The van der Waals surface area contributed by atoms with Crippen molar-refractivity contribution in [2.45, 2.75) is 17.1 Å². The molecule has 1 atom stereocenters. The molecule has 1 saturated heterocycles. The molecule has 1 fully saturated rings. The van der Waals surface area contributed by atoms with Gasteiger partial charge in [0.1, 0.15) is 4.21 Å². The fourth-order valence-corrected chi connectivity index (χ4v) is 4.92. The molecule has 1 aliphatic rings. The van der Waals surface area contributed by atoms with Gasteiger partial charge >= 0.3 is 0 Å². The molecule has 0 aromatic carbocycles. The fraction of sp³-hybridized carbons (Fsp3) is 0.583. The van der Waals surface area contributed by atoms with Crippen molar-refractivity contribution in [3.8, 4) is 0 Å². The summed E-state index contributed by atoms with van der Waals surface area (Å²) in [6.07, 6.45) is 1.41. The molecule has 0 bridgehead atoms. The molecule has 2 rings (SSSR count). The van der Waals surface area contributed by atoms with E-state index in [0.717, 1.165) is 0 Å². The summed E-state index contributed by atoms with van der Waals surface area (Å²) < 4.78 is 26.6. The number of nitrogens with zero attached hydrogens (tertiary/aromatic N) is 1. The molecule has 3 N–H and O–H groups in total. The van der Waals surface area contributed by atoms with E-state index >= 15 is 0 Å². The number of halogens is 1. The third kappa shape index (κ3) is 4.40. The van der Waals surface area contributed by atoms with Crippen molar-refractivity contribution in [2.75, 3.05) is 26.2 Å². The smallest absolute Gasteiger partial charge is 0.252 e. The molecular weight excluding hydrogens is 334 g/mol. The molecule has 120 valence electrons. The number of nitrogens with one attached hydrogen (secondary N) is 1. The van der Waals surface area contributed by atoms with Crippen LogP contribution in [-0.2, 0) is 14.8 Å². The number of piperidine rings is 1. The number of nitrogens with two attached hydrogens (primary N) is 1. The molecule has 1 unspecified atom stereocenters. The van der Waals surface area contributed by atoms with E-state index in [0.29, 0.717) is 36.7 Å². The number of thiophene rings is 1. The average molecular weight is 354 g/mol. The summed E-state index contributed by atoms with van der Waals surface area (Å²) in [5.41, 5.74) is 5.35. The Labute approximate surface area is 135 Å². The first kappa shape index (κ1) is 18.4. The van der Waals surface area contributed by atoms with Gasteiger partial charge in [0.15, 0.2) is 0 Å². The molecule has 1 amide bonds. The Morgan fingerprint density at radius 2 is 2.29 bits per heavy atom. The van der Waals surface area contributed by atoms with Gasteiger partial charge in [0.2, 0.25) is 5.91 Å². The number of amides is 1. The van der Waals surface area contributed by atoms with E-state index in [1.54, 1.807) is 17.5 Å². The second kappa shape index (κ2) is 8.09. The van der Waals surface area contributed by atoms with Gasteiger partial charge in [-0.05, 0) is 24.3 Å². The Morgan fingerprint density at radius 1 is 1.52 bits per heavy atom. The predicted molar refractivity (Wildman–Crippen MR) is 85.1 cm³/mol. The molecule has 6 nitrogen and oxygen atoms in total. The fourth-order valence-electron chi connectivity index (χ4n) is 2.25. The zero-order valence-corrected chi connectivity index (χ0v) is 14.0. The van der Waals surface area contributed by atoms with Crippen LogP contribution in [0, 0.1) is 5.92 Å². The number of sulfonamides is 1. The summed E-state index contributed by atoms with van der Waals surface area (Å²) in [5.74, 6) is -0.397. The van der Waals surface area contributed by atoms with Crippen LogP contribution in [0.25, 0.3) is 0 Å². The first-order valence-corrected chi connectivity index (χ1v) is 8.89. The summed E-state index contributed by atoms with van der Waals surface area (Å²) in [5, 5.41) is 4.46. The van der Waals surface area contributed by atoms with E-state index in [-0.39, 0.29) is 30.8 Å². The van der Waals surface area contributed by atoms with Gasteiger partial charge < -0.3 is 11.1 Å². The van der Waals surface area contributed by atoms with Gasteiger partial charge in [-0.1, -0.05) is 6.07 Å². The topological polar surface area (TPSA) is 92.5 Å². The van der Waals surface area contributed by atoms with Crippen LogP contribution >= 0.6 is 23.7 Å². The molecule has 0 spiro atoms. The molecule has 1 aromatic rings. The Bertz CT molecular complexity index is 548. The molecule has 21 heavy (non-hydrogen) atoms. The lowest BCUT2D eigenvalue weighted by atomic mass is 9.99. The monoisotopic (exact) mass is 353 g/mol. The van der Waals surface area contributed by atoms with Gasteiger partial charge in [0.25, 0.3) is 10.0 Å². The first-order valence-electron chi connectivity index (χ1n) is 6.57. The van der Waals surface area contributed by atoms with E-state index in [2.05, 4.69) is 5.32 Å². The maximum atomic E-state index is 12.4. The summed E-state index contributed by atoms with van der Waals surface area (Å²) in [6, 6.07) is 3.31. The number of hydrogen-bond donors (Lipinski definition) is 2. The van der Waals surface area contributed by atoms with Crippen molar-refractivity contribution in [1.29, 1.82) is 0 Å². The zero-order chi connectivity index (χ0) is 14.6. The average Bonchev–Trinajstić information content (AvgIpc) is 2.99. The van der Waals surface area contributed by atoms with Crippen LogP contribution in [-0.4, -0.2) is 44.8 Å². The van der Waals surface area contributed by atoms with Crippen molar-refractivity contribution in [3.05, 3.63) is 17.5 Å². The molecule has 0 aliphatic carbocycles. The number of carbonyl (C=O) groups excluding carboxylic acids is 1. The lowest BCUT2D eigenvalue weighted by Gasteiger charge is -2.30. The molecule has 0 saturated carbocycles.